The van der Waals surface area contributed by atoms with Crippen LogP contribution in [0.4, 0.5) is 5.69 Å². The van der Waals surface area contributed by atoms with Crippen LogP contribution in [0.3, 0.4) is 0 Å². The van der Waals surface area contributed by atoms with Crippen molar-refractivity contribution in [3.05, 3.63) is 83.2 Å². The van der Waals surface area contributed by atoms with Crippen LogP contribution >= 0.6 is 0 Å². The number of aromatic carboxylic acids is 1. The Kier molecular flexibility index (Phi) is 7.85. The van der Waals surface area contributed by atoms with Gasteiger partial charge in [-0.25, -0.2) is 9.78 Å². The number of methoxy groups -OCH3 is 1. The minimum Gasteiger partial charge on any atom is -0.496 e. The Bertz CT molecular complexity index is 1400. The number of amidine groups is 1. The minimum absolute atomic E-state index is 0.0963. The van der Waals surface area contributed by atoms with E-state index in [1.54, 1.807) is 36.4 Å². The number of carboxylic acid groups (broad SMARTS) is 1. The molecule has 196 valence electrons. The number of benzene rings is 2. The molecular formula is C28H29N5O5. The Balaban J connectivity index is 1.75. The molecule has 3 aromatic rings. The van der Waals surface area contributed by atoms with Crippen molar-refractivity contribution in [1.82, 2.24) is 10.3 Å². The summed E-state index contributed by atoms with van der Waals surface area (Å²) in [5, 5.41) is 33.8. The first-order valence-corrected chi connectivity index (χ1v) is 12.0. The maximum Gasteiger partial charge on any atom is 0.355 e. The van der Waals surface area contributed by atoms with Gasteiger partial charge in [-0.1, -0.05) is 12.7 Å². The van der Waals surface area contributed by atoms with E-state index in [0.29, 0.717) is 35.0 Å². The molecule has 0 aliphatic heterocycles. The summed E-state index contributed by atoms with van der Waals surface area (Å²) < 4.78 is 5.46. The van der Waals surface area contributed by atoms with E-state index < -0.39 is 18.1 Å². The van der Waals surface area contributed by atoms with E-state index in [1.165, 1.54) is 25.3 Å². The Hall–Kier alpha value is -4.54. The van der Waals surface area contributed by atoms with Crippen molar-refractivity contribution in [2.24, 2.45) is 11.7 Å². The van der Waals surface area contributed by atoms with Gasteiger partial charge in [-0.2, -0.15) is 0 Å². The van der Waals surface area contributed by atoms with Gasteiger partial charge >= 0.3 is 5.97 Å². The standard InChI is InChI=1S/C28H29N5O5/c1-3-16-12-21(26(34)32-18-8-6-17(7-9-18)25(29)30)20(13-23(16)38-2)19-10-11-22(33-24(19)28(36)37)27(35)31-14-15-4-5-15/h3,6-13,15,27,31,35H,1,4-5,14H2,2H3,(H3,29,30)(H,32,34)(H,36,37). The molecule has 38 heavy (non-hydrogen) atoms. The molecule has 10 heteroatoms. The molecule has 1 aliphatic carbocycles. The van der Waals surface area contributed by atoms with Crippen LogP contribution in [0.15, 0.2) is 55.1 Å². The Morgan fingerprint density at radius 1 is 1.21 bits per heavy atom. The summed E-state index contributed by atoms with van der Waals surface area (Å²) in [7, 11) is 1.46. The van der Waals surface area contributed by atoms with Gasteiger partial charge in [-0.3, -0.25) is 15.5 Å². The van der Waals surface area contributed by atoms with Crippen LogP contribution in [0.1, 0.15) is 56.7 Å². The first-order valence-electron chi connectivity index (χ1n) is 12.0. The van der Waals surface area contributed by atoms with Crippen LogP contribution in [0.5, 0.6) is 5.75 Å². The summed E-state index contributed by atoms with van der Waals surface area (Å²) in [6, 6.07) is 12.6. The van der Waals surface area contributed by atoms with Crippen molar-refractivity contribution in [3.63, 3.8) is 0 Å². The lowest BCUT2D eigenvalue weighted by molar-refractivity contribution is 0.0689. The lowest BCUT2D eigenvalue weighted by Crippen LogP contribution is -2.24. The number of anilines is 1. The van der Waals surface area contributed by atoms with Crippen LogP contribution in [-0.2, 0) is 0 Å². The van der Waals surface area contributed by atoms with E-state index in [4.69, 9.17) is 15.9 Å². The van der Waals surface area contributed by atoms with Gasteiger partial charge in [-0.05, 0) is 67.3 Å². The number of aliphatic hydroxyl groups is 1. The number of carbonyl (C=O) groups excluding carboxylic acids is 1. The third kappa shape index (κ3) is 5.88. The summed E-state index contributed by atoms with van der Waals surface area (Å²) in [6.45, 7) is 4.39. The number of nitrogens with two attached hydrogens (primary N) is 1. The van der Waals surface area contributed by atoms with E-state index >= 15 is 0 Å². The monoisotopic (exact) mass is 515 g/mol. The number of hydrogen-bond acceptors (Lipinski definition) is 7. The molecular weight excluding hydrogens is 486 g/mol. The highest BCUT2D eigenvalue weighted by Crippen LogP contribution is 2.35. The lowest BCUT2D eigenvalue weighted by atomic mass is 9.94. The van der Waals surface area contributed by atoms with Gasteiger partial charge in [0.05, 0.1) is 12.8 Å². The van der Waals surface area contributed by atoms with Gasteiger partial charge in [0, 0.05) is 40.0 Å². The van der Waals surface area contributed by atoms with E-state index in [-0.39, 0.29) is 33.9 Å². The molecule has 1 aromatic heterocycles. The highest BCUT2D eigenvalue weighted by molar-refractivity contribution is 6.11. The molecule has 1 amide bonds. The average Bonchev–Trinajstić information content (AvgIpc) is 3.75. The SMILES string of the molecule is C=Cc1cc(C(=O)Nc2ccc(C(=N)N)cc2)c(-c2ccc(C(O)NCC3CC3)nc2C(=O)O)cc1OC. The maximum absolute atomic E-state index is 13.4. The molecule has 1 unspecified atom stereocenters. The normalized spacial score (nSPS) is 13.4. The van der Waals surface area contributed by atoms with Crippen molar-refractivity contribution in [3.8, 4) is 16.9 Å². The largest absolute Gasteiger partial charge is 0.496 e. The van der Waals surface area contributed by atoms with Crippen LogP contribution in [-0.4, -0.2) is 46.6 Å². The zero-order valence-corrected chi connectivity index (χ0v) is 20.8. The molecule has 10 nitrogen and oxygen atoms in total. The van der Waals surface area contributed by atoms with Gasteiger partial charge in [0.2, 0.25) is 0 Å². The number of pyridine rings is 1. The molecule has 0 bridgehead atoms. The highest BCUT2D eigenvalue weighted by atomic mass is 16.5. The summed E-state index contributed by atoms with van der Waals surface area (Å²) in [5.74, 6) is -1.01. The number of nitrogens with zero attached hydrogens (tertiary/aromatic N) is 1. The second-order valence-corrected chi connectivity index (χ2v) is 8.98. The molecule has 1 heterocycles. The van der Waals surface area contributed by atoms with E-state index in [0.717, 1.165) is 12.8 Å². The van der Waals surface area contributed by atoms with Crippen molar-refractivity contribution < 1.29 is 24.5 Å². The topological polar surface area (TPSA) is 171 Å². The Morgan fingerprint density at radius 3 is 2.50 bits per heavy atom. The average molecular weight is 516 g/mol. The fourth-order valence-electron chi connectivity index (χ4n) is 3.99. The van der Waals surface area contributed by atoms with E-state index in [9.17, 15) is 19.8 Å². The van der Waals surface area contributed by atoms with E-state index in [1.807, 2.05) is 0 Å². The molecule has 7 N–H and O–H groups in total. The number of nitrogen functional groups attached to an aromatic ring is 1. The van der Waals surface area contributed by atoms with Gasteiger partial charge in [0.15, 0.2) is 5.69 Å². The lowest BCUT2D eigenvalue weighted by Gasteiger charge is -2.18. The number of nitrogens with one attached hydrogen (secondary N) is 3. The minimum atomic E-state index is -1.31. The smallest absolute Gasteiger partial charge is 0.355 e. The number of aliphatic hydroxyl groups excluding tert-OH is 1. The number of amides is 1. The third-order valence-corrected chi connectivity index (χ3v) is 6.27. The van der Waals surface area contributed by atoms with E-state index in [2.05, 4.69) is 22.2 Å². The van der Waals surface area contributed by atoms with Crippen LogP contribution in [0.2, 0.25) is 0 Å². The van der Waals surface area contributed by atoms with Crippen molar-refractivity contribution in [1.29, 1.82) is 5.41 Å². The van der Waals surface area contributed by atoms with Gasteiger partial charge in [0.1, 0.15) is 17.8 Å². The summed E-state index contributed by atoms with van der Waals surface area (Å²) in [4.78, 5) is 29.9. The molecule has 1 aliphatic rings. The van der Waals surface area contributed by atoms with Crippen molar-refractivity contribution in [2.75, 3.05) is 19.0 Å². The summed E-state index contributed by atoms with van der Waals surface area (Å²) in [5.41, 5.74) is 7.48. The number of carboxylic acids is 1. The molecule has 1 fully saturated rings. The second-order valence-electron chi connectivity index (χ2n) is 8.98. The fourth-order valence-corrected chi connectivity index (χ4v) is 3.99. The first kappa shape index (κ1) is 26.5. The quantitative estimate of drug-likeness (QED) is 0.128. The molecule has 2 aromatic carbocycles. The molecule has 1 saturated carbocycles. The van der Waals surface area contributed by atoms with Gasteiger partial charge < -0.3 is 26.0 Å². The molecule has 1 atom stereocenters. The second kappa shape index (κ2) is 11.2. The van der Waals surface area contributed by atoms with Gasteiger partial charge in [0.25, 0.3) is 5.91 Å². The third-order valence-electron chi connectivity index (χ3n) is 6.27. The number of carbonyl (C=O) groups is 2. The fraction of sp³-hybridized carbons (Fsp3) is 0.214. The summed E-state index contributed by atoms with van der Waals surface area (Å²) >= 11 is 0. The van der Waals surface area contributed by atoms with Crippen molar-refractivity contribution in [2.45, 2.75) is 19.1 Å². The molecule has 0 spiro atoms. The number of ether oxygens (including phenoxy) is 1. The molecule has 0 radical (unpaired) electrons. The predicted molar refractivity (Wildman–Crippen MR) is 144 cm³/mol. The zero-order chi connectivity index (χ0) is 27.4. The summed E-state index contributed by atoms with van der Waals surface area (Å²) in [6.07, 6.45) is 2.60. The number of hydrogen-bond donors (Lipinski definition) is 6. The van der Waals surface area contributed by atoms with Gasteiger partial charge in [-0.15, -0.1) is 0 Å². The van der Waals surface area contributed by atoms with Crippen molar-refractivity contribution >= 4 is 29.5 Å². The van der Waals surface area contributed by atoms with Crippen LogP contribution in [0, 0.1) is 11.3 Å². The first-order chi connectivity index (χ1) is 18.2. The highest BCUT2D eigenvalue weighted by Gasteiger charge is 2.25. The Morgan fingerprint density at radius 2 is 1.92 bits per heavy atom. The number of rotatable bonds is 11. The Labute approximate surface area is 219 Å². The predicted octanol–water partition coefficient (Wildman–Crippen LogP) is 3.63. The van der Waals surface area contributed by atoms with Crippen LogP contribution in [0.25, 0.3) is 17.2 Å². The number of aromatic nitrogens is 1. The zero-order valence-electron chi connectivity index (χ0n) is 20.8. The molecule has 0 saturated heterocycles. The maximum atomic E-state index is 13.4. The van der Waals surface area contributed by atoms with Crippen LogP contribution < -0.4 is 21.1 Å². The molecule has 4 rings (SSSR count).